The summed E-state index contributed by atoms with van der Waals surface area (Å²) in [5.74, 6) is -10.2. The number of carboxylic acids is 1. The lowest BCUT2D eigenvalue weighted by Gasteiger charge is -2.41. The number of anilines is 1. The normalized spacial score (nSPS) is 28.3. The highest BCUT2D eigenvalue weighted by molar-refractivity contribution is 6.31. The molecule has 0 spiro atoms. The second-order valence-electron chi connectivity index (χ2n) is 21.6. The van der Waals surface area contributed by atoms with Crippen LogP contribution in [0.15, 0.2) is 70.1 Å². The van der Waals surface area contributed by atoms with E-state index < -0.39 is 117 Å². The van der Waals surface area contributed by atoms with Gasteiger partial charge in [-0.3, -0.25) is 28.9 Å². The fourth-order valence-electron chi connectivity index (χ4n) is 11.3. The van der Waals surface area contributed by atoms with Crippen molar-refractivity contribution in [3.8, 4) is 17.2 Å². The monoisotopic (exact) mass is 1110 g/mol. The quantitative estimate of drug-likeness (QED) is 0.0901. The molecule has 22 heteroatoms. The van der Waals surface area contributed by atoms with Crippen molar-refractivity contribution in [1.29, 1.82) is 0 Å². The summed E-state index contributed by atoms with van der Waals surface area (Å²) in [5, 5.41) is 51.5. The van der Waals surface area contributed by atoms with E-state index in [-0.39, 0.29) is 75.8 Å². The molecule has 0 radical (unpaired) electrons. The van der Waals surface area contributed by atoms with Crippen LogP contribution in [0.1, 0.15) is 116 Å². The Morgan fingerprint density at radius 2 is 1.68 bits per heavy atom. The van der Waals surface area contributed by atoms with Crippen LogP contribution < -0.4 is 25.1 Å². The van der Waals surface area contributed by atoms with Gasteiger partial charge in [0.1, 0.15) is 35.5 Å². The standard InChI is InChI=1S/C58H70FN5O16/c1-27-13-12-14-28(2)56(72)60-39-24-40(66)42-43(51(39)71)49(69)33(7)53-44(42)55(58(9,80-53)77-21-17-41(75-10)30(4)52(79-34(8)65)32(6)48(68)31(5)47(27)67)61-78-22-20-62-18-19-63(25-29(62)3)46-38(59)23-36-45(54(46)76-11)64(35-15-16-35)26-37(50(36)70)57(73)74/h12-14,17,21,23-24,26-27,29-32,35,41,47-48,52,67-69H,15-16,18-20,22,25H2,1-11H3,(H,60,72)(H,73,74)/t27-,29?,30+,31+,32+,41-,47-,48+,52+,58-/m0/s1. The predicted molar refractivity (Wildman–Crippen MR) is 291 cm³/mol. The third-order valence-electron chi connectivity index (χ3n) is 16.1. The Morgan fingerprint density at radius 1 is 0.963 bits per heavy atom. The summed E-state index contributed by atoms with van der Waals surface area (Å²) in [6.45, 7) is 15.8. The van der Waals surface area contributed by atoms with Gasteiger partial charge in [-0.15, -0.1) is 0 Å². The van der Waals surface area contributed by atoms with Crippen LogP contribution in [0.4, 0.5) is 10.1 Å². The number of pyridine rings is 1. The van der Waals surface area contributed by atoms with Gasteiger partial charge in [-0.25, -0.2) is 9.18 Å². The fourth-order valence-corrected chi connectivity index (χ4v) is 11.3. The van der Waals surface area contributed by atoms with Crippen molar-refractivity contribution in [2.75, 3.05) is 51.9 Å². The van der Waals surface area contributed by atoms with E-state index in [0.29, 0.717) is 25.2 Å². The number of benzene rings is 2. The van der Waals surface area contributed by atoms with Gasteiger partial charge in [-0.2, -0.15) is 0 Å². The van der Waals surface area contributed by atoms with Crippen LogP contribution in [0.3, 0.4) is 0 Å². The van der Waals surface area contributed by atoms with Crippen LogP contribution in [0.5, 0.6) is 17.2 Å². The number of rotatable bonds is 10. The first kappa shape index (κ1) is 58.7. The molecule has 10 atom stereocenters. The molecule has 2 aromatic carbocycles. The van der Waals surface area contributed by atoms with Crippen LogP contribution in [-0.4, -0.2) is 148 Å². The molecule has 430 valence electrons. The van der Waals surface area contributed by atoms with Crippen molar-refractivity contribution in [2.24, 2.45) is 28.8 Å². The van der Waals surface area contributed by atoms with E-state index in [2.05, 4.69) is 15.4 Å². The van der Waals surface area contributed by atoms with Crippen LogP contribution >= 0.6 is 0 Å². The van der Waals surface area contributed by atoms with E-state index in [9.17, 15) is 49.2 Å². The van der Waals surface area contributed by atoms with E-state index in [0.717, 1.165) is 25.0 Å². The molecule has 6 aliphatic rings. The molecule has 1 saturated carbocycles. The van der Waals surface area contributed by atoms with Gasteiger partial charge in [0, 0.05) is 106 Å². The van der Waals surface area contributed by atoms with Crippen molar-refractivity contribution in [2.45, 2.75) is 117 Å². The smallest absolute Gasteiger partial charge is 0.341 e. The maximum absolute atomic E-state index is 16.3. The maximum atomic E-state index is 16.3. The molecule has 3 aromatic rings. The fraction of sp³-hybridized carbons (Fsp3) is 0.500. The number of amides is 1. The summed E-state index contributed by atoms with van der Waals surface area (Å²) in [6.07, 6.45) is 7.16. The molecule has 21 nitrogen and oxygen atoms in total. The number of aromatic carboxylic acids is 1. The number of ether oxygens (including phenoxy) is 5. The summed E-state index contributed by atoms with van der Waals surface area (Å²) in [5.41, 5.74) is -1.84. The topological polar surface area (TPSA) is 275 Å². The highest BCUT2D eigenvalue weighted by atomic mass is 19.1. The van der Waals surface area contributed by atoms with Crippen molar-refractivity contribution >= 4 is 51.7 Å². The number of Topliss-reactive ketones (excluding diaryl/α,β-unsaturated/α-hetero) is 1. The first-order chi connectivity index (χ1) is 37.8. The minimum absolute atomic E-state index is 0.0127. The SMILES string of the molecule is COc1c(N2CCN(CCON=C3c4c5c(C)c(O)c6c4C(=O)C=C(NC(=O)C(C)=CC=C[C@H](C)[C@H](O)[C@@H](C)[C@@H](O)[C@@H](C)[C@H](OC(C)=O)[C@H](C)[C@@H](OC)C=CO[C@@]3(C)O5)C6=O)C(C)C2)c(F)cc2c(=O)c(C(=O)O)cn(C3CC3)c12. The number of halogens is 1. The zero-order valence-corrected chi connectivity index (χ0v) is 46.7. The summed E-state index contributed by atoms with van der Waals surface area (Å²) >= 11 is 0. The third-order valence-corrected chi connectivity index (χ3v) is 16.1. The van der Waals surface area contributed by atoms with Gasteiger partial charge in [0.15, 0.2) is 23.1 Å². The van der Waals surface area contributed by atoms with E-state index in [1.54, 1.807) is 44.4 Å². The van der Waals surface area contributed by atoms with Crippen molar-refractivity contribution in [3.63, 3.8) is 0 Å². The molecule has 2 aliphatic carbocycles. The number of hydrogen-bond donors (Lipinski definition) is 5. The van der Waals surface area contributed by atoms with Crippen molar-refractivity contribution < 1.29 is 77.3 Å². The Morgan fingerprint density at radius 3 is 2.31 bits per heavy atom. The Bertz CT molecular complexity index is 3230. The minimum Gasteiger partial charge on any atom is -0.507 e. The predicted octanol–water partition coefficient (Wildman–Crippen LogP) is 5.87. The van der Waals surface area contributed by atoms with Gasteiger partial charge in [-0.1, -0.05) is 51.1 Å². The number of ketones is 2. The number of oxime groups is 1. The lowest BCUT2D eigenvalue weighted by Crippen LogP contribution is -2.53. The van der Waals surface area contributed by atoms with Crippen molar-refractivity contribution in [3.05, 3.63) is 104 Å². The van der Waals surface area contributed by atoms with E-state index >= 15 is 4.39 Å². The molecule has 1 amide bonds. The second kappa shape index (κ2) is 23.4. The molecule has 9 rings (SSSR count). The lowest BCUT2D eigenvalue weighted by atomic mass is 9.78. The Hall–Kier alpha value is -7.40. The van der Waals surface area contributed by atoms with Crippen molar-refractivity contribution in [1.82, 2.24) is 14.8 Å². The number of carboxylic acid groups (broad SMARTS) is 1. The van der Waals surface area contributed by atoms with Crippen LogP contribution in [0.25, 0.3) is 10.9 Å². The summed E-state index contributed by atoms with van der Waals surface area (Å²) < 4.78 is 48.4. The number of phenolic OH excluding ortho intramolecular Hbond substituents is 1. The molecule has 1 unspecified atom stereocenters. The number of hydrogen-bond acceptors (Lipinski definition) is 18. The number of aliphatic hydroxyl groups is 2. The molecule has 5 N–H and O–H groups in total. The number of piperazine rings is 1. The number of carbonyl (C=O) groups is 5. The van der Waals surface area contributed by atoms with Gasteiger partial charge in [0.05, 0.1) is 65.0 Å². The van der Waals surface area contributed by atoms with E-state index in [4.69, 9.17) is 28.5 Å². The van der Waals surface area contributed by atoms with Gasteiger partial charge in [0.2, 0.25) is 11.2 Å². The Kier molecular flexibility index (Phi) is 17.2. The first-order valence-corrected chi connectivity index (χ1v) is 26.7. The molecule has 80 heavy (non-hydrogen) atoms. The number of carbonyl (C=O) groups excluding carboxylic acids is 4. The number of nitrogens with zero attached hydrogens (tertiary/aromatic N) is 4. The minimum atomic E-state index is -1.93. The van der Waals surface area contributed by atoms with E-state index in [1.807, 2.05) is 11.8 Å². The first-order valence-electron chi connectivity index (χ1n) is 26.7. The number of phenols is 1. The number of aliphatic hydroxyl groups excluding tert-OH is 2. The molecule has 1 saturated heterocycles. The number of nitrogens with one attached hydrogen (secondary N) is 1. The Balaban J connectivity index is 1.11. The molecule has 5 heterocycles. The molecular weight excluding hydrogens is 1040 g/mol. The van der Waals surface area contributed by atoms with Gasteiger partial charge in [-0.05, 0) is 45.8 Å². The van der Waals surface area contributed by atoms with E-state index in [1.165, 1.54) is 66.5 Å². The number of fused-ring (bicyclic) bond motifs is 15. The molecular formula is C58H70FN5O16. The number of aromatic hydroxyl groups is 1. The summed E-state index contributed by atoms with van der Waals surface area (Å²) in [4.78, 5) is 90.2. The van der Waals surface area contributed by atoms with Crippen LogP contribution in [-0.2, 0) is 28.6 Å². The summed E-state index contributed by atoms with van der Waals surface area (Å²) in [7, 11) is 2.82. The van der Waals surface area contributed by atoms with Crippen LogP contribution in [0, 0.1) is 36.4 Å². The number of methoxy groups -OCH3 is 2. The molecule has 1 aromatic heterocycles. The van der Waals surface area contributed by atoms with Crippen LogP contribution in [0.2, 0.25) is 0 Å². The Labute approximate surface area is 461 Å². The largest absolute Gasteiger partial charge is 0.507 e. The molecule has 4 aliphatic heterocycles. The molecule has 2 fully saturated rings. The number of esters is 1. The lowest BCUT2D eigenvalue weighted by molar-refractivity contribution is -0.160. The highest BCUT2D eigenvalue weighted by Crippen LogP contribution is 2.49. The van der Waals surface area contributed by atoms with Gasteiger partial charge < -0.3 is 63.7 Å². The van der Waals surface area contributed by atoms with Gasteiger partial charge in [0.25, 0.3) is 11.7 Å². The average molecular weight is 1110 g/mol. The summed E-state index contributed by atoms with van der Waals surface area (Å²) in [6, 6.07) is 0.793. The average Bonchev–Trinajstić information content (AvgIpc) is 4.30. The number of aromatic nitrogens is 1. The zero-order chi connectivity index (χ0) is 58.4. The number of allylic oxidation sites excluding steroid dienone is 4. The third kappa shape index (κ3) is 11.1. The second-order valence-corrected chi connectivity index (χ2v) is 21.6. The zero-order valence-electron chi connectivity index (χ0n) is 46.7. The maximum Gasteiger partial charge on any atom is 0.341 e. The molecule has 5 bridgehead atoms. The highest BCUT2D eigenvalue weighted by Gasteiger charge is 2.51. The van der Waals surface area contributed by atoms with Gasteiger partial charge >= 0.3 is 11.9 Å².